The zero-order chi connectivity index (χ0) is 25.5. The van der Waals surface area contributed by atoms with Crippen molar-refractivity contribution >= 4 is 16.9 Å². The Morgan fingerprint density at radius 1 is 0.947 bits per heavy atom. The van der Waals surface area contributed by atoms with E-state index in [0.29, 0.717) is 23.4 Å². The van der Waals surface area contributed by atoms with Gasteiger partial charge in [0.25, 0.3) is 0 Å². The lowest BCUT2D eigenvalue weighted by Gasteiger charge is -2.45. The van der Waals surface area contributed by atoms with Crippen molar-refractivity contribution in [2.45, 2.75) is 87.7 Å². The summed E-state index contributed by atoms with van der Waals surface area (Å²) in [7, 11) is 0. The smallest absolute Gasteiger partial charge is 0.225 e. The average Bonchev–Trinajstić information content (AvgIpc) is 3.86. The minimum Gasteiger partial charge on any atom is -0.342 e. The number of amides is 1. The number of likely N-dealkylation sites (tertiary alicyclic amines) is 2. The average molecular weight is 509 g/mol. The second-order valence-electron chi connectivity index (χ2n) is 13.1. The highest BCUT2D eigenvalue weighted by atomic mass is 16.2. The van der Waals surface area contributed by atoms with Gasteiger partial charge in [0.05, 0.1) is 11.0 Å². The van der Waals surface area contributed by atoms with Crippen LogP contribution in [0.15, 0.2) is 54.6 Å². The predicted molar refractivity (Wildman–Crippen MR) is 150 cm³/mol. The molecular formula is C33H40N4O. The largest absolute Gasteiger partial charge is 0.342 e. The maximum absolute atomic E-state index is 12.8. The number of hydrogen-bond donors (Lipinski definition) is 0. The van der Waals surface area contributed by atoms with E-state index in [1.807, 2.05) is 0 Å². The van der Waals surface area contributed by atoms with Crippen LogP contribution in [0.2, 0.25) is 0 Å². The van der Waals surface area contributed by atoms with E-state index in [-0.39, 0.29) is 5.41 Å². The van der Waals surface area contributed by atoms with Crippen molar-refractivity contribution in [3.63, 3.8) is 0 Å². The molecule has 3 aliphatic carbocycles. The summed E-state index contributed by atoms with van der Waals surface area (Å²) in [6.07, 6.45) is 11.0. The number of nitrogens with zero attached hydrogens (tertiary/aromatic N) is 4. The normalized spacial score (nSPS) is 33.3. The third-order valence-corrected chi connectivity index (χ3v) is 11.4. The number of aryl methyl sites for hydroxylation is 1. The van der Waals surface area contributed by atoms with Crippen LogP contribution in [-0.4, -0.2) is 56.5 Å². The Hall–Kier alpha value is -2.66. The molecule has 2 saturated heterocycles. The molecule has 5 aliphatic rings. The summed E-state index contributed by atoms with van der Waals surface area (Å²) < 4.78 is 2.56. The van der Waals surface area contributed by atoms with Gasteiger partial charge >= 0.3 is 0 Å². The Morgan fingerprint density at radius 3 is 2.45 bits per heavy atom. The van der Waals surface area contributed by atoms with E-state index in [9.17, 15) is 4.79 Å². The molecule has 3 heterocycles. The molecule has 3 unspecified atom stereocenters. The standard InChI is InChI=1S/C33H40N4O/c1-23-34-28-9-5-6-10-29(28)37(23)27-21-26-13-14-33(26)30(22-27)36(33)20-17-32(25-7-3-2-4-8-25)15-18-35(19-16-32)31(38)24-11-12-24/h2-10,24,26-27,30H,11-22H2,1H3/t26?,27-,30+,33?,36?/m1/s1. The molecule has 1 spiro atoms. The fourth-order valence-electron chi connectivity index (χ4n) is 9.03. The second kappa shape index (κ2) is 8.42. The van der Waals surface area contributed by atoms with Crippen molar-refractivity contribution in [2.75, 3.05) is 19.6 Å². The number of fused-ring (bicyclic) bond motifs is 1. The zero-order valence-electron chi connectivity index (χ0n) is 22.7. The lowest BCUT2D eigenvalue weighted by molar-refractivity contribution is -0.134. The summed E-state index contributed by atoms with van der Waals surface area (Å²) in [6.45, 7) is 5.24. The quantitative estimate of drug-likeness (QED) is 0.391. The summed E-state index contributed by atoms with van der Waals surface area (Å²) in [5, 5.41) is 0. The molecule has 8 rings (SSSR count). The van der Waals surface area contributed by atoms with Crippen LogP contribution in [-0.2, 0) is 10.2 Å². The number of imidazole rings is 1. The molecule has 2 aromatic carbocycles. The van der Waals surface area contributed by atoms with Crippen LogP contribution in [0, 0.1) is 18.8 Å². The molecule has 5 nitrogen and oxygen atoms in total. The van der Waals surface area contributed by atoms with E-state index in [2.05, 4.69) is 75.9 Å². The lowest BCUT2D eigenvalue weighted by Crippen LogP contribution is -2.47. The van der Waals surface area contributed by atoms with Crippen molar-refractivity contribution in [3.05, 3.63) is 66.0 Å². The summed E-state index contributed by atoms with van der Waals surface area (Å²) in [4.78, 5) is 22.8. The molecule has 1 amide bonds. The summed E-state index contributed by atoms with van der Waals surface area (Å²) in [6, 6.07) is 21.2. The first-order valence-corrected chi connectivity index (χ1v) is 15.1. The van der Waals surface area contributed by atoms with Crippen molar-refractivity contribution in [2.24, 2.45) is 11.8 Å². The fourth-order valence-corrected chi connectivity index (χ4v) is 9.03. The van der Waals surface area contributed by atoms with Gasteiger partial charge in [-0.2, -0.15) is 0 Å². The Bertz CT molecular complexity index is 1370. The van der Waals surface area contributed by atoms with Gasteiger partial charge < -0.3 is 9.47 Å². The third kappa shape index (κ3) is 3.40. The first-order valence-electron chi connectivity index (χ1n) is 15.1. The predicted octanol–water partition coefficient (Wildman–Crippen LogP) is 5.87. The number of para-hydroxylation sites is 2. The van der Waals surface area contributed by atoms with E-state index in [4.69, 9.17) is 4.98 Å². The third-order valence-electron chi connectivity index (χ3n) is 11.4. The number of rotatable bonds is 6. The number of piperidine rings is 1. The molecular weight excluding hydrogens is 468 g/mol. The Morgan fingerprint density at radius 2 is 1.71 bits per heavy atom. The maximum atomic E-state index is 12.8. The van der Waals surface area contributed by atoms with E-state index >= 15 is 0 Å². The molecule has 0 bridgehead atoms. The van der Waals surface area contributed by atoms with Gasteiger partial charge in [-0.15, -0.1) is 0 Å². The topological polar surface area (TPSA) is 41.1 Å². The number of hydrogen-bond acceptors (Lipinski definition) is 3. The lowest BCUT2D eigenvalue weighted by atomic mass is 9.63. The van der Waals surface area contributed by atoms with Gasteiger partial charge in [-0.1, -0.05) is 42.5 Å². The monoisotopic (exact) mass is 508 g/mol. The van der Waals surface area contributed by atoms with Crippen molar-refractivity contribution in [1.82, 2.24) is 19.4 Å². The van der Waals surface area contributed by atoms with Crippen LogP contribution in [0.5, 0.6) is 0 Å². The molecule has 38 heavy (non-hydrogen) atoms. The van der Waals surface area contributed by atoms with E-state index in [1.165, 1.54) is 55.6 Å². The molecule has 5 atom stereocenters. The molecule has 3 saturated carbocycles. The molecule has 5 fully saturated rings. The first-order chi connectivity index (χ1) is 18.6. The van der Waals surface area contributed by atoms with Gasteiger partial charge in [-0.05, 0) is 100 Å². The first kappa shape index (κ1) is 23.2. The SMILES string of the molecule is Cc1nc2ccccc2n1[C@@H]1CC2CCC23[C@H](C1)N3CCC1(c2ccccc2)CCN(C(=O)C2CC2)CC1. The van der Waals surface area contributed by atoms with Crippen LogP contribution < -0.4 is 0 Å². The summed E-state index contributed by atoms with van der Waals surface area (Å²) in [5.74, 6) is 2.76. The molecule has 0 radical (unpaired) electrons. The van der Waals surface area contributed by atoms with Crippen molar-refractivity contribution in [3.8, 4) is 0 Å². The Balaban J connectivity index is 1.01. The minimum absolute atomic E-state index is 0.194. The highest BCUT2D eigenvalue weighted by Gasteiger charge is 2.72. The highest BCUT2D eigenvalue weighted by molar-refractivity contribution is 5.81. The number of aromatic nitrogens is 2. The Labute approximate surface area is 226 Å². The van der Waals surface area contributed by atoms with Gasteiger partial charge in [-0.25, -0.2) is 4.98 Å². The van der Waals surface area contributed by atoms with E-state index < -0.39 is 0 Å². The molecule has 1 aromatic heterocycles. The van der Waals surface area contributed by atoms with Crippen molar-refractivity contribution < 1.29 is 4.79 Å². The maximum Gasteiger partial charge on any atom is 0.225 e. The number of carbonyl (C=O) groups excluding carboxylic acids is 1. The fraction of sp³-hybridized carbons (Fsp3) is 0.576. The Kier molecular flexibility index (Phi) is 5.15. The van der Waals surface area contributed by atoms with Crippen LogP contribution >= 0.6 is 0 Å². The van der Waals surface area contributed by atoms with Crippen LogP contribution in [0.3, 0.4) is 0 Å². The number of carbonyl (C=O) groups is 1. The van der Waals surface area contributed by atoms with E-state index in [0.717, 1.165) is 56.2 Å². The van der Waals surface area contributed by atoms with E-state index in [1.54, 1.807) is 0 Å². The van der Waals surface area contributed by atoms with Gasteiger partial charge in [0.15, 0.2) is 0 Å². The zero-order valence-corrected chi connectivity index (χ0v) is 22.7. The van der Waals surface area contributed by atoms with Crippen LogP contribution in [0.4, 0.5) is 0 Å². The van der Waals surface area contributed by atoms with Gasteiger partial charge in [-0.3, -0.25) is 9.69 Å². The number of benzene rings is 2. The molecule has 3 aromatic rings. The highest BCUT2D eigenvalue weighted by Crippen LogP contribution is 2.66. The molecule has 0 N–H and O–H groups in total. The van der Waals surface area contributed by atoms with Crippen molar-refractivity contribution in [1.29, 1.82) is 0 Å². The molecule has 2 aliphatic heterocycles. The molecule has 198 valence electrons. The minimum atomic E-state index is 0.194. The summed E-state index contributed by atoms with van der Waals surface area (Å²) in [5.41, 5.74) is 4.62. The van der Waals surface area contributed by atoms with Gasteiger partial charge in [0.1, 0.15) is 5.82 Å². The van der Waals surface area contributed by atoms with Crippen LogP contribution in [0.25, 0.3) is 11.0 Å². The molecule has 5 heteroatoms. The van der Waals surface area contributed by atoms with Crippen LogP contribution in [0.1, 0.15) is 75.2 Å². The van der Waals surface area contributed by atoms with Gasteiger partial charge in [0, 0.05) is 36.6 Å². The van der Waals surface area contributed by atoms with Gasteiger partial charge in [0.2, 0.25) is 5.91 Å². The second-order valence-corrected chi connectivity index (χ2v) is 13.1. The summed E-state index contributed by atoms with van der Waals surface area (Å²) >= 11 is 0.